The molecule has 2 N–H and O–H groups in total. The van der Waals surface area contributed by atoms with Crippen LogP contribution < -0.4 is 0 Å². The molecule has 0 atom stereocenters. The summed E-state index contributed by atoms with van der Waals surface area (Å²) >= 11 is 6.80. The molecule has 0 unspecified atom stereocenters. The van der Waals surface area contributed by atoms with Gasteiger partial charge in [0.25, 0.3) is 0 Å². The second-order valence-electron chi connectivity index (χ2n) is 0.247. The van der Waals surface area contributed by atoms with Gasteiger partial charge in [0, 0.05) is 0 Å². The first-order chi connectivity index (χ1) is 1.73. The van der Waals surface area contributed by atoms with Crippen molar-refractivity contribution in [3.8, 4) is 0 Å². The second kappa shape index (κ2) is 7.34. The topological polar surface area (TPSA) is 31.5 Å². The fourth-order valence-electron chi connectivity index (χ4n) is 0. The summed E-state index contributed by atoms with van der Waals surface area (Å²) in [5.74, 6) is 0. The summed E-state index contributed by atoms with van der Waals surface area (Å²) < 4.78 is 0. The molecule has 0 aliphatic rings. The van der Waals surface area contributed by atoms with E-state index in [4.69, 9.17) is 0 Å². The van der Waals surface area contributed by atoms with Crippen LogP contribution in [-0.2, 0) is 0 Å². The van der Waals surface area contributed by atoms with Crippen LogP contribution in [0.4, 0.5) is 0 Å². The molecule has 0 saturated heterocycles. The third kappa shape index (κ3) is 18.8. The van der Waals surface area contributed by atoms with Gasteiger partial charge in [0.05, 0.1) is 0 Å². The molecule has 0 bridgehead atoms. The van der Waals surface area contributed by atoms with E-state index in [0.717, 1.165) is 0 Å². The molecule has 0 aromatic carbocycles. The second-order valence-corrected chi connectivity index (χ2v) is 81.1. The molecule has 0 saturated carbocycles. The van der Waals surface area contributed by atoms with Crippen molar-refractivity contribution in [2.75, 3.05) is 0 Å². The predicted octanol–water partition coefficient (Wildman–Crippen LogP) is 1.83. The molecule has 1 nitrogen and oxygen atoms in total. The molecule has 5 heteroatoms. The molecule has 0 amide bonds. The van der Waals surface area contributed by atoms with E-state index in [0.29, 0.717) is 0 Å². The minimum atomic E-state index is -0.812. The van der Waals surface area contributed by atoms with Crippen molar-refractivity contribution in [3.63, 3.8) is 0 Å². The Morgan fingerprint density at radius 3 is 1.00 bits per heavy atom. The monoisotopic (exact) mass is 538 g/mol. The van der Waals surface area contributed by atoms with E-state index >= 15 is 0 Å². The van der Waals surface area contributed by atoms with Crippen LogP contribution in [0, 0.1) is 14.9 Å². The van der Waals surface area contributed by atoms with Crippen LogP contribution in [-0.4, -0.2) is 5.48 Å². The fourth-order valence-corrected chi connectivity index (χ4v) is 0. The predicted molar refractivity (Wildman–Crippen MR) is 45.7 cm³/mol. The number of hydrogen-bond acceptors (Lipinski definition) is 0. The summed E-state index contributed by atoms with van der Waals surface area (Å²) in [6, 6.07) is 0. The zero-order chi connectivity index (χ0) is 3.58. The van der Waals surface area contributed by atoms with Crippen molar-refractivity contribution < 1.29 is 20.4 Å². The SMILES string of the molecule is O.[I][La]([I])[I]. The summed E-state index contributed by atoms with van der Waals surface area (Å²) in [6.45, 7) is 0. The Hall–Kier alpha value is 3.34. The number of hydrogen-bond donors (Lipinski definition) is 0. The van der Waals surface area contributed by atoms with Gasteiger partial charge in [-0.25, -0.2) is 0 Å². The van der Waals surface area contributed by atoms with E-state index in [2.05, 4.69) is 46.7 Å². The Morgan fingerprint density at radius 2 is 1.00 bits per heavy atom. The van der Waals surface area contributed by atoms with E-state index in [1.54, 1.807) is 0 Å². The summed E-state index contributed by atoms with van der Waals surface area (Å²) in [5.41, 5.74) is 0. The van der Waals surface area contributed by atoms with E-state index < -0.39 is 14.9 Å². The van der Waals surface area contributed by atoms with Crippen molar-refractivity contribution >= 4 is 46.7 Å². The molecule has 0 fully saturated rings. The Labute approximate surface area is 64.5 Å². The molecule has 5 heavy (non-hydrogen) atoms. The van der Waals surface area contributed by atoms with Crippen molar-refractivity contribution in [2.24, 2.45) is 0 Å². The van der Waals surface area contributed by atoms with Crippen LogP contribution in [0.25, 0.3) is 0 Å². The molecule has 0 aliphatic carbocycles. The van der Waals surface area contributed by atoms with Gasteiger partial charge < -0.3 is 5.48 Å². The molecule has 0 spiro atoms. The van der Waals surface area contributed by atoms with E-state index in [-0.39, 0.29) is 5.48 Å². The van der Waals surface area contributed by atoms with Gasteiger partial charge in [-0.2, -0.15) is 0 Å². The molecule has 0 aromatic heterocycles. The summed E-state index contributed by atoms with van der Waals surface area (Å²) in [4.78, 5) is 0. The molecular formula is H2I3LaO. The first-order valence-electron chi connectivity index (χ1n) is 0.655. The fraction of sp³-hybridized carbons (Fsp3) is 0. The maximum atomic E-state index is 2.54. The van der Waals surface area contributed by atoms with Gasteiger partial charge in [0.1, 0.15) is 0 Å². The molecule has 0 rings (SSSR count). The first kappa shape index (κ1) is 11.2. The normalized spacial score (nSPS) is 5.40. The van der Waals surface area contributed by atoms with Crippen LogP contribution in [0.15, 0.2) is 0 Å². The van der Waals surface area contributed by atoms with Crippen molar-refractivity contribution in [1.82, 2.24) is 0 Å². The first-order valence-corrected chi connectivity index (χ1v) is 32.0. The van der Waals surface area contributed by atoms with E-state index in [1.165, 1.54) is 0 Å². The number of rotatable bonds is 0. The summed E-state index contributed by atoms with van der Waals surface area (Å²) in [5, 5.41) is 0. The van der Waals surface area contributed by atoms with Crippen LogP contribution in [0.1, 0.15) is 0 Å². The minimum absolute atomic E-state index is 0. The van der Waals surface area contributed by atoms with Gasteiger partial charge >= 0.3 is 61.6 Å². The van der Waals surface area contributed by atoms with E-state index in [9.17, 15) is 0 Å². The standard InChI is InChI=1S/3HI.La.H2O/h3*1H;;1H2/q;;;+3;/p-3. The maximum absolute atomic E-state index is 2.54. The van der Waals surface area contributed by atoms with Gasteiger partial charge in [0.15, 0.2) is 0 Å². The molecule has 0 heterocycles. The zero-order valence-corrected chi connectivity index (χ0v) is 12.3. The Kier molecular flexibility index (Phi) is 16.4. The molecule has 0 aliphatic heterocycles. The van der Waals surface area contributed by atoms with Crippen molar-refractivity contribution in [3.05, 3.63) is 0 Å². The third-order valence-corrected chi connectivity index (χ3v) is 0. The van der Waals surface area contributed by atoms with E-state index in [1.807, 2.05) is 0 Å². The Balaban J connectivity index is 0. The molecule has 0 aromatic rings. The molecule has 32 valence electrons. The van der Waals surface area contributed by atoms with Crippen LogP contribution in [0.5, 0.6) is 0 Å². The third-order valence-electron chi connectivity index (χ3n) is 0. The van der Waals surface area contributed by atoms with Crippen molar-refractivity contribution in [1.29, 1.82) is 0 Å². The zero-order valence-electron chi connectivity index (χ0n) is 2.21. The Morgan fingerprint density at radius 1 is 1.00 bits per heavy atom. The van der Waals surface area contributed by atoms with Gasteiger partial charge in [0.2, 0.25) is 0 Å². The molecular weight excluding hydrogens is 536 g/mol. The average molecular weight is 538 g/mol. The summed E-state index contributed by atoms with van der Waals surface area (Å²) in [7, 11) is 0. The van der Waals surface area contributed by atoms with Crippen LogP contribution >= 0.6 is 46.7 Å². The van der Waals surface area contributed by atoms with Gasteiger partial charge in [-0.1, -0.05) is 0 Å². The van der Waals surface area contributed by atoms with Crippen LogP contribution in [0.2, 0.25) is 0 Å². The van der Waals surface area contributed by atoms with Gasteiger partial charge in [-0.3, -0.25) is 0 Å². The average Bonchev–Trinajstić information content (AvgIpc) is 0.811. The van der Waals surface area contributed by atoms with Crippen molar-refractivity contribution in [2.45, 2.75) is 0 Å². The quantitative estimate of drug-likeness (QED) is 0.423. The van der Waals surface area contributed by atoms with Gasteiger partial charge in [-0.05, 0) is 0 Å². The summed E-state index contributed by atoms with van der Waals surface area (Å²) in [6.07, 6.45) is 0. The molecule has 0 radical (unpaired) electrons. The Bertz CT molecular complexity index is 11.6. The van der Waals surface area contributed by atoms with Crippen LogP contribution in [0.3, 0.4) is 0 Å². The van der Waals surface area contributed by atoms with Gasteiger partial charge in [-0.15, -0.1) is 0 Å². The number of halogens is 3.